The highest BCUT2D eigenvalue weighted by atomic mass is 16.5. The predicted molar refractivity (Wildman–Crippen MR) is 72.2 cm³/mol. The maximum atomic E-state index is 12.3. The molecule has 0 aromatic heterocycles. The summed E-state index contributed by atoms with van der Waals surface area (Å²) >= 11 is 0. The third-order valence-corrected chi connectivity index (χ3v) is 3.07. The van der Waals surface area contributed by atoms with E-state index in [9.17, 15) is 4.79 Å². The van der Waals surface area contributed by atoms with Crippen LogP contribution >= 0.6 is 0 Å². The normalized spacial score (nSPS) is 11.9. The first-order valence-electron chi connectivity index (χ1n) is 5.95. The Bertz CT molecular complexity index is 515. The maximum absolute atomic E-state index is 12.3. The third kappa shape index (κ3) is 2.59. The number of carbonyl (C=O) groups excluding carboxylic acids is 1. The van der Waals surface area contributed by atoms with Crippen LogP contribution < -0.4 is 4.74 Å². The Kier molecular flexibility index (Phi) is 3.78. The lowest BCUT2D eigenvalue weighted by molar-refractivity contribution is 0.0966. The van der Waals surface area contributed by atoms with Crippen LogP contribution in [-0.2, 0) is 0 Å². The fraction of sp³-hybridized carbons (Fsp3) is 0.188. The Morgan fingerprint density at radius 2 is 1.61 bits per heavy atom. The summed E-state index contributed by atoms with van der Waals surface area (Å²) in [5.74, 6) is 0.803. The van der Waals surface area contributed by atoms with E-state index in [1.54, 1.807) is 7.11 Å². The Labute approximate surface area is 107 Å². The van der Waals surface area contributed by atoms with E-state index in [1.165, 1.54) is 0 Å². The molecule has 0 saturated heterocycles. The Balaban J connectivity index is 2.20. The summed E-state index contributed by atoms with van der Waals surface area (Å²) in [7, 11) is 1.63. The van der Waals surface area contributed by atoms with Crippen molar-refractivity contribution < 1.29 is 9.53 Å². The molecule has 0 spiro atoms. The van der Waals surface area contributed by atoms with Gasteiger partial charge >= 0.3 is 0 Å². The van der Waals surface area contributed by atoms with Gasteiger partial charge in [0.1, 0.15) is 5.75 Å². The van der Waals surface area contributed by atoms with Crippen LogP contribution in [0.2, 0.25) is 0 Å². The molecular formula is C16H16O2. The van der Waals surface area contributed by atoms with Crippen LogP contribution in [-0.4, -0.2) is 12.9 Å². The van der Waals surface area contributed by atoms with Gasteiger partial charge in [-0.05, 0) is 17.7 Å². The van der Waals surface area contributed by atoms with Crippen LogP contribution in [0.4, 0.5) is 0 Å². The van der Waals surface area contributed by atoms with Crippen LogP contribution in [0.3, 0.4) is 0 Å². The van der Waals surface area contributed by atoms with Crippen LogP contribution in [0.15, 0.2) is 54.6 Å². The number of ether oxygens (including phenoxy) is 1. The monoisotopic (exact) mass is 240 g/mol. The lowest BCUT2D eigenvalue weighted by atomic mass is 9.92. The van der Waals surface area contributed by atoms with Crippen LogP contribution in [0.25, 0.3) is 0 Å². The third-order valence-electron chi connectivity index (χ3n) is 3.07. The summed E-state index contributed by atoms with van der Waals surface area (Å²) in [5, 5.41) is 0. The van der Waals surface area contributed by atoms with E-state index in [0.29, 0.717) is 0 Å². The highest BCUT2D eigenvalue weighted by Gasteiger charge is 2.16. The molecule has 2 aromatic rings. The minimum atomic E-state index is -0.140. The molecule has 1 unspecified atom stereocenters. The molecular weight excluding hydrogens is 224 g/mol. The standard InChI is InChI=1S/C16H16O2/c1-12(13-8-10-15(18-2)11-9-13)16(17)14-6-4-3-5-7-14/h3-12H,1-2H3. The quantitative estimate of drug-likeness (QED) is 0.762. The fourth-order valence-corrected chi connectivity index (χ4v) is 1.90. The first-order chi connectivity index (χ1) is 8.72. The number of ketones is 1. The zero-order valence-electron chi connectivity index (χ0n) is 10.6. The van der Waals surface area contributed by atoms with Crippen molar-refractivity contribution in [1.29, 1.82) is 0 Å². The molecule has 92 valence electrons. The minimum absolute atomic E-state index is 0.140. The molecule has 0 bridgehead atoms. The van der Waals surface area contributed by atoms with Crippen molar-refractivity contribution in [2.45, 2.75) is 12.8 Å². The summed E-state index contributed by atoms with van der Waals surface area (Å²) in [6.07, 6.45) is 0. The largest absolute Gasteiger partial charge is 0.497 e. The second-order valence-electron chi connectivity index (χ2n) is 4.23. The van der Waals surface area contributed by atoms with Crippen molar-refractivity contribution in [2.24, 2.45) is 0 Å². The summed E-state index contributed by atoms with van der Waals surface area (Å²) in [5.41, 5.74) is 1.76. The van der Waals surface area contributed by atoms with E-state index in [2.05, 4.69) is 0 Å². The highest BCUT2D eigenvalue weighted by Crippen LogP contribution is 2.22. The number of carbonyl (C=O) groups is 1. The van der Waals surface area contributed by atoms with Gasteiger partial charge in [-0.15, -0.1) is 0 Å². The lowest BCUT2D eigenvalue weighted by Crippen LogP contribution is -2.09. The van der Waals surface area contributed by atoms with Gasteiger partial charge in [0.2, 0.25) is 0 Å². The zero-order valence-corrected chi connectivity index (χ0v) is 10.6. The van der Waals surface area contributed by atoms with E-state index < -0.39 is 0 Å². The van der Waals surface area contributed by atoms with Crippen LogP contribution in [0.1, 0.15) is 28.8 Å². The van der Waals surface area contributed by atoms with Gasteiger partial charge in [0.25, 0.3) is 0 Å². The summed E-state index contributed by atoms with van der Waals surface area (Å²) < 4.78 is 5.11. The minimum Gasteiger partial charge on any atom is -0.497 e. The van der Waals surface area contributed by atoms with Gasteiger partial charge in [-0.25, -0.2) is 0 Å². The smallest absolute Gasteiger partial charge is 0.170 e. The van der Waals surface area contributed by atoms with Crippen LogP contribution in [0.5, 0.6) is 5.75 Å². The van der Waals surface area contributed by atoms with E-state index in [-0.39, 0.29) is 11.7 Å². The van der Waals surface area contributed by atoms with Gasteiger partial charge in [0.05, 0.1) is 7.11 Å². The zero-order chi connectivity index (χ0) is 13.0. The Morgan fingerprint density at radius 3 is 2.17 bits per heavy atom. The number of hydrogen-bond acceptors (Lipinski definition) is 2. The topological polar surface area (TPSA) is 26.3 Å². The molecule has 0 N–H and O–H groups in total. The fourth-order valence-electron chi connectivity index (χ4n) is 1.90. The number of hydrogen-bond donors (Lipinski definition) is 0. The second-order valence-corrected chi connectivity index (χ2v) is 4.23. The molecule has 0 amide bonds. The summed E-state index contributed by atoms with van der Waals surface area (Å²) in [4.78, 5) is 12.3. The highest BCUT2D eigenvalue weighted by molar-refractivity contribution is 6.00. The number of Topliss-reactive ketones (excluding diaryl/α,β-unsaturated/α-hetero) is 1. The molecule has 0 fully saturated rings. The predicted octanol–water partition coefficient (Wildman–Crippen LogP) is 3.68. The molecule has 0 radical (unpaired) electrons. The first-order valence-corrected chi connectivity index (χ1v) is 5.95. The molecule has 2 rings (SSSR count). The average Bonchev–Trinajstić information content (AvgIpc) is 2.47. The Morgan fingerprint density at radius 1 is 1.00 bits per heavy atom. The molecule has 2 aromatic carbocycles. The number of methoxy groups -OCH3 is 1. The molecule has 0 aliphatic heterocycles. The van der Waals surface area contributed by atoms with Crippen molar-refractivity contribution in [3.8, 4) is 5.75 Å². The molecule has 0 aliphatic rings. The second kappa shape index (κ2) is 5.50. The summed E-state index contributed by atoms with van der Waals surface area (Å²) in [6, 6.07) is 17.0. The maximum Gasteiger partial charge on any atom is 0.170 e. The van der Waals surface area contributed by atoms with Gasteiger partial charge in [-0.3, -0.25) is 4.79 Å². The van der Waals surface area contributed by atoms with Gasteiger partial charge in [-0.1, -0.05) is 49.4 Å². The number of benzene rings is 2. The molecule has 0 saturated carbocycles. The van der Waals surface area contributed by atoms with Crippen molar-refractivity contribution in [2.75, 3.05) is 7.11 Å². The van der Waals surface area contributed by atoms with E-state index in [4.69, 9.17) is 4.74 Å². The van der Waals surface area contributed by atoms with Crippen molar-refractivity contribution in [3.63, 3.8) is 0 Å². The molecule has 2 heteroatoms. The molecule has 0 aliphatic carbocycles. The van der Waals surface area contributed by atoms with Crippen LogP contribution in [0, 0.1) is 0 Å². The average molecular weight is 240 g/mol. The molecule has 18 heavy (non-hydrogen) atoms. The van der Waals surface area contributed by atoms with Gasteiger partial charge in [0, 0.05) is 11.5 Å². The lowest BCUT2D eigenvalue weighted by Gasteiger charge is -2.11. The van der Waals surface area contributed by atoms with E-state index in [1.807, 2.05) is 61.5 Å². The van der Waals surface area contributed by atoms with Crippen molar-refractivity contribution >= 4 is 5.78 Å². The number of rotatable bonds is 4. The van der Waals surface area contributed by atoms with E-state index >= 15 is 0 Å². The molecule has 0 heterocycles. The van der Waals surface area contributed by atoms with Crippen molar-refractivity contribution in [1.82, 2.24) is 0 Å². The Hall–Kier alpha value is -2.09. The SMILES string of the molecule is COc1ccc(C(C)C(=O)c2ccccc2)cc1. The van der Waals surface area contributed by atoms with Crippen molar-refractivity contribution in [3.05, 3.63) is 65.7 Å². The molecule has 2 nitrogen and oxygen atoms in total. The van der Waals surface area contributed by atoms with Gasteiger partial charge < -0.3 is 4.74 Å². The van der Waals surface area contributed by atoms with Gasteiger partial charge in [-0.2, -0.15) is 0 Å². The molecule has 1 atom stereocenters. The summed E-state index contributed by atoms with van der Waals surface area (Å²) in [6.45, 7) is 1.93. The first kappa shape index (κ1) is 12.4. The van der Waals surface area contributed by atoms with E-state index in [0.717, 1.165) is 16.9 Å². The van der Waals surface area contributed by atoms with Gasteiger partial charge in [0.15, 0.2) is 5.78 Å².